The Morgan fingerprint density at radius 3 is 2.94 bits per heavy atom. The molecule has 0 saturated carbocycles. The zero-order valence-corrected chi connectivity index (χ0v) is 9.59. The largest absolute Gasteiger partial charge is 0.441 e. The molecule has 2 aromatic rings. The van der Waals surface area contributed by atoms with E-state index in [1.54, 1.807) is 19.2 Å². The number of rotatable bonds is 3. The van der Waals surface area contributed by atoms with Gasteiger partial charge < -0.3 is 4.42 Å². The molecule has 2 nitrogen and oxygen atoms in total. The van der Waals surface area contributed by atoms with Crippen LogP contribution in [0.4, 0.5) is 4.39 Å². The first-order chi connectivity index (χ1) is 7.70. The van der Waals surface area contributed by atoms with E-state index in [1.165, 1.54) is 6.07 Å². The monoisotopic (exact) mass is 239 g/mol. The number of benzene rings is 1. The van der Waals surface area contributed by atoms with Crippen LogP contribution in [0.3, 0.4) is 0 Å². The SMILES string of the molecule is Cc1ccc(-c2cnc(CCCl)o2)cc1F. The van der Waals surface area contributed by atoms with Gasteiger partial charge in [0.2, 0.25) is 0 Å². The molecule has 0 spiro atoms. The fraction of sp³-hybridized carbons (Fsp3) is 0.250. The highest BCUT2D eigenvalue weighted by atomic mass is 35.5. The minimum atomic E-state index is -0.243. The number of halogens is 2. The summed E-state index contributed by atoms with van der Waals surface area (Å²) in [6, 6.07) is 4.97. The van der Waals surface area contributed by atoms with Gasteiger partial charge >= 0.3 is 0 Å². The second kappa shape index (κ2) is 4.66. The van der Waals surface area contributed by atoms with Gasteiger partial charge in [0.15, 0.2) is 11.7 Å². The molecule has 84 valence electrons. The predicted molar refractivity (Wildman–Crippen MR) is 61.1 cm³/mol. The van der Waals surface area contributed by atoms with Crippen molar-refractivity contribution in [1.29, 1.82) is 0 Å². The van der Waals surface area contributed by atoms with Crippen LogP contribution in [0.1, 0.15) is 11.5 Å². The summed E-state index contributed by atoms with van der Waals surface area (Å²) in [7, 11) is 0. The Morgan fingerprint density at radius 1 is 1.44 bits per heavy atom. The summed E-state index contributed by atoms with van der Waals surface area (Å²) in [6.07, 6.45) is 2.17. The molecule has 0 bridgehead atoms. The van der Waals surface area contributed by atoms with E-state index in [0.29, 0.717) is 35.1 Å². The minimum Gasteiger partial charge on any atom is -0.441 e. The molecule has 1 aromatic heterocycles. The highest BCUT2D eigenvalue weighted by Crippen LogP contribution is 2.22. The molecule has 16 heavy (non-hydrogen) atoms. The maximum Gasteiger partial charge on any atom is 0.196 e. The number of aryl methyl sites for hydroxylation is 2. The number of oxazole rings is 1. The van der Waals surface area contributed by atoms with Crippen molar-refractivity contribution in [2.24, 2.45) is 0 Å². The minimum absolute atomic E-state index is 0.243. The van der Waals surface area contributed by atoms with E-state index in [-0.39, 0.29) is 5.82 Å². The van der Waals surface area contributed by atoms with Crippen LogP contribution in [-0.4, -0.2) is 10.9 Å². The van der Waals surface area contributed by atoms with Gasteiger partial charge in [-0.25, -0.2) is 9.37 Å². The van der Waals surface area contributed by atoms with Crippen molar-refractivity contribution in [2.75, 3.05) is 5.88 Å². The summed E-state index contributed by atoms with van der Waals surface area (Å²) in [4.78, 5) is 4.06. The highest BCUT2D eigenvalue weighted by molar-refractivity contribution is 6.17. The van der Waals surface area contributed by atoms with E-state index in [9.17, 15) is 4.39 Å². The fourth-order valence-electron chi connectivity index (χ4n) is 1.39. The van der Waals surface area contributed by atoms with Gasteiger partial charge in [0.1, 0.15) is 5.82 Å². The summed E-state index contributed by atoms with van der Waals surface area (Å²) < 4.78 is 18.8. The first kappa shape index (κ1) is 11.1. The van der Waals surface area contributed by atoms with Crippen molar-refractivity contribution < 1.29 is 8.81 Å². The van der Waals surface area contributed by atoms with Gasteiger partial charge in [0.05, 0.1) is 6.20 Å². The number of hydrogen-bond acceptors (Lipinski definition) is 2. The summed E-state index contributed by atoms with van der Waals surface area (Å²) >= 11 is 5.58. The Balaban J connectivity index is 2.31. The quantitative estimate of drug-likeness (QED) is 0.766. The summed E-state index contributed by atoms with van der Waals surface area (Å²) in [5.41, 5.74) is 1.31. The van der Waals surface area contributed by atoms with Crippen LogP contribution in [0.25, 0.3) is 11.3 Å². The summed E-state index contributed by atoms with van der Waals surface area (Å²) in [5, 5.41) is 0. The molecule has 0 aliphatic heterocycles. The third kappa shape index (κ3) is 2.25. The van der Waals surface area contributed by atoms with Gasteiger partial charge in [-0.2, -0.15) is 0 Å². The van der Waals surface area contributed by atoms with E-state index in [4.69, 9.17) is 16.0 Å². The Hall–Kier alpha value is -1.35. The van der Waals surface area contributed by atoms with Gasteiger partial charge in [-0.1, -0.05) is 12.1 Å². The van der Waals surface area contributed by atoms with Crippen molar-refractivity contribution in [3.05, 3.63) is 41.7 Å². The molecule has 0 aliphatic rings. The zero-order chi connectivity index (χ0) is 11.5. The van der Waals surface area contributed by atoms with E-state index in [2.05, 4.69) is 4.98 Å². The lowest BCUT2D eigenvalue weighted by atomic mass is 10.1. The van der Waals surface area contributed by atoms with Crippen molar-refractivity contribution >= 4 is 11.6 Å². The van der Waals surface area contributed by atoms with Gasteiger partial charge in [-0.3, -0.25) is 0 Å². The molecule has 0 aliphatic carbocycles. The number of nitrogens with zero attached hydrogens (tertiary/aromatic N) is 1. The average Bonchev–Trinajstić information content (AvgIpc) is 2.71. The van der Waals surface area contributed by atoms with Gasteiger partial charge in [-0.05, 0) is 18.6 Å². The first-order valence-corrected chi connectivity index (χ1v) is 5.51. The molecular formula is C12H11ClFNO. The Morgan fingerprint density at radius 2 is 2.25 bits per heavy atom. The summed E-state index contributed by atoms with van der Waals surface area (Å²) in [5.74, 6) is 1.36. The molecule has 4 heteroatoms. The molecule has 1 aromatic carbocycles. The zero-order valence-electron chi connectivity index (χ0n) is 8.84. The van der Waals surface area contributed by atoms with E-state index in [0.717, 1.165) is 0 Å². The third-order valence-electron chi connectivity index (χ3n) is 2.32. The van der Waals surface area contributed by atoms with Gasteiger partial charge in [0, 0.05) is 17.9 Å². The normalized spacial score (nSPS) is 10.7. The molecule has 0 atom stereocenters. The molecular weight excluding hydrogens is 229 g/mol. The van der Waals surface area contributed by atoms with Crippen LogP contribution in [0.2, 0.25) is 0 Å². The van der Waals surface area contributed by atoms with Crippen LogP contribution >= 0.6 is 11.6 Å². The molecule has 0 saturated heterocycles. The van der Waals surface area contributed by atoms with Crippen molar-refractivity contribution in [2.45, 2.75) is 13.3 Å². The molecule has 1 heterocycles. The first-order valence-electron chi connectivity index (χ1n) is 4.98. The van der Waals surface area contributed by atoms with E-state index < -0.39 is 0 Å². The molecule has 0 unspecified atom stereocenters. The van der Waals surface area contributed by atoms with Crippen molar-refractivity contribution in [1.82, 2.24) is 4.98 Å². The highest BCUT2D eigenvalue weighted by Gasteiger charge is 2.07. The molecule has 2 rings (SSSR count). The maximum absolute atomic E-state index is 13.3. The second-order valence-electron chi connectivity index (χ2n) is 3.52. The second-order valence-corrected chi connectivity index (χ2v) is 3.90. The van der Waals surface area contributed by atoms with Crippen LogP contribution in [0.5, 0.6) is 0 Å². The topological polar surface area (TPSA) is 26.0 Å². The summed E-state index contributed by atoms with van der Waals surface area (Å²) in [6.45, 7) is 1.72. The smallest absolute Gasteiger partial charge is 0.196 e. The lowest BCUT2D eigenvalue weighted by Crippen LogP contribution is -1.84. The van der Waals surface area contributed by atoms with Crippen LogP contribution in [0.15, 0.2) is 28.8 Å². The average molecular weight is 240 g/mol. The maximum atomic E-state index is 13.3. The van der Waals surface area contributed by atoms with Crippen LogP contribution < -0.4 is 0 Å². The molecule has 0 fully saturated rings. The Bertz CT molecular complexity index is 496. The number of aromatic nitrogens is 1. The Kier molecular flexibility index (Phi) is 3.25. The van der Waals surface area contributed by atoms with Crippen molar-refractivity contribution in [3.63, 3.8) is 0 Å². The lowest BCUT2D eigenvalue weighted by molar-refractivity contribution is 0.514. The lowest BCUT2D eigenvalue weighted by Gasteiger charge is -1.99. The number of alkyl halides is 1. The molecule has 0 N–H and O–H groups in total. The molecule has 0 radical (unpaired) electrons. The van der Waals surface area contributed by atoms with Gasteiger partial charge in [0.25, 0.3) is 0 Å². The fourth-order valence-corrected chi connectivity index (χ4v) is 1.55. The van der Waals surface area contributed by atoms with E-state index in [1.807, 2.05) is 6.07 Å². The van der Waals surface area contributed by atoms with Gasteiger partial charge in [-0.15, -0.1) is 11.6 Å². The van der Waals surface area contributed by atoms with E-state index >= 15 is 0 Å². The standard InChI is InChI=1S/C12H11ClFNO/c1-8-2-3-9(6-10(8)14)11-7-15-12(16-11)4-5-13/h2-3,6-7H,4-5H2,1H3. The predicted octanol–water partition coefficient (Wildman–Crippen LogP) is 3.57. The molecule has 0 amide bonds. The third-order valence-corrected chi connectivity index (χ3v) is 2.51. The van der Waals surface area contributed by atoms with Crippen molar-refractivity contribution in [3.8, 4) is 11.3 Å². The Labute approximate surface area is 98.1 Å². The van der Waals surface area contributed by atoms with Crippen LogP contribution in [0, 0.1) is 12.7 Å². The van der Waals surface area contributed by atoms with Crippen LogP contribution in [-0.2, 0) is 6.42 Å². The number of hydrogen-bond donors (Lipinski definition) is 0.